The Morgan fingerprint density at radius 1 is 0.688 bits per heavy atom. The minimum Gasteiger partial charge on any atom is -0.398 e. The van der Waals surface area contributed by atoms with Gasteiger partial charge in [-0.05, 0) is 12.1 Å². The maximum Gasteiger partial charge on any atom is 0.337 e. The Morgan fingerprint density at radius 3 is 1.69 bits per heavy atom. The number of hydrogen-bond acceptors (Lipinski definition) is 2. The first-order valence-corrected chi connectivity index (χ1v) is 9.08. The molecule has 0 saturated carbocycles. The van der Waals surface area contributed by atoms with Gasteiger partial charge in [-0.1, -0.05) is 58.8 Å². The van der Waals surface area contributed by atoms with Gasteiger partial charge in [0.05, 0.1) is 0 Å². The van der Waals surface area contributed by atoms with Crippen LogP contribution in [0, 0.1) is 0 Å². The standard InChI is InChI=1S/C13H30O2Si/c1-5-7-9-10-11-13-16(14-3,15-4)12-8-6-2/h5-13H2,1-4H3. The molecular weight excluding hydrogens is 216 g/mol. The Labute approximate surface area is 103 Å². The van der Waals surface area contributed by atoms with Crippen molar-refractivity contribution < 1.29 is 8.85 Å². The van der Waals surface area contributed by atoms with E-state index in [-0.39, 0.29) is 0 Å². The van der Waals surface area contributed by atoms with Crippen molar-refractivity contribution >= 4 is 8.56 Å². The summed E-state index contributed by atoms with van der Waals surface area (Å²) in [7, 11) is 1.84. The van der Waals surface area contributed by atoms with E-state index in [0.29, 0.717) is 0 Å². The third-order valence-electron chi connectivity index (χ3n) is 3.32. The molecule has 0 amide bonds. The predicted octanol–water partition coefficient (Wildman–Crippen LogP) is 4.49. The molecule has 16 heavy (non-hydrogen) atoms. The molecule has 98 valence electrons. The lowest BCUT2D eigenvalue weighted by Crippen LogP contribution is -2.39. The summed E-state index contributed by atoms with van der Waals surface area (Å²) in [6.45, 7) is 4.48. The Hall–Kier alpha value is 0.137. The van der Waals surface area contributed by atoms with Crippen molar-refractivity contribution in [1.82, 2.24) is 0 Å². The third-order valence-corrected chi connectivity index (χ3v) is 7.04. The van der Waals surface area contributed by atoms with E-state index in [1.165, 1.54) is 51.0 Å². The zero-order valence-corrected chi connectivity index (χ0v) is 12.7. The molecule has 3 heteroatoms. The fraction of sp³-hybridized carbons (Fsp3) is 1.00. The Kier molecular flexibility index (Phi) is 10.4. The molecule has 0 saturated heterocycles. The van der Waals surface area contributed by atoms with Crippen molar-refractivity contribution in [3.63, 3.8) is 0 Å². The molecule has 0 aromatic rings. The molecule has 0 aromatic carbocycles. The Morgan fingerprint density at radius 2 is 1.19 bits per heavy atom. The van der Waals surface area contributed by atoms with E-state index in [1.807, 2.05) is 14.2 Å². The molecule has 0 radical (unpaired) electrons. The monoisotopic (exact) mass is 246 g/mol. The molecule has 0 aliphatic rings. The quantitative estimate of drug-likeness (QED) is 0.395. The van der Waals surface area contributed by atoms with Crippen LogP contribution in [0.3, 0.4) is 0 Å². The minimum atomic E-state index is -1.82. The average Bonchev–Trinajstić information content (AvgIpc) is 2.33. The Bertz CT molecular complexity index is 147. The maximum atomic E-state index is 5.71. The third kappa shape index (κ3) is 6.66. The van der Waals surface area contributed by atoms with Crippen LogP contribution in [0.4, 0.5) is 0 Å². The number of unbranched alkanes of at least 4 members (excludes halogenated alkanes) is 5. The van der Waals surface area contributed by atoms with Crippen molar-refractivity contribution in [3.05, 3.63) is 0 Å². The van der Waals surface area contributed by atoms with Gasteiger partial charge in [-0.15, -0.1) is 0 Å². The van der Waals surface area contributed by atoms with Gasteiger partial charge in [-0.25, -0.2) is 0 Å². The van der Waals surface area contributed by atoms with Gasteiger partial charge in [0, 0.05) is 14.2 Å². The molecule has 2 nitrogen and oxygen atoms in total. The number of hydrogen-bond donors (Lipinski definition) is 0. The highest BCUT2D eigenvalue weighted by Crippen LogP contribution is 2.23. The van der Waals surface area contributed by atoms with Gasteiger partial charge in [-0.2, -0.15) is 0 Å². The molecule has 0 aliphatic heterocycles. The van der Waals surface area contributed by atoms with Gasteiger partial charge in [0.15, 0.2) is 0 Å². The average molecular weight is 246 g/mol. The van der Waals surface area contributed by atoms with E-state index in [4.69, 9.17) is 8.85 Å². The van der Waals surface area contributed by atoms with Crippen molar-refractivity contribution in [3.8, 4) is 0 Å². The molecule has 0 unspecified atom stereocenters. The Balaban J connectivity index is 3.82. The van der Waals surface area contributed by atoms with E-state index in [1.54, 1.807) is 0 Å². The smallest absolute Gasteiger partial charge is 0.337 e. The molecule has 0 spiro atoms. The van der Waals surface area contributed by atoms with E-state index < -0.39 is 8.56 Å². The highest BCUT2D eigenvalue weighted by molar-refractivity contribution is 6.67. The molecule has 0 rings (SSSR count). The summed E-state index contributed by atoms with van der Waals surface area (Å²) in [6.07, 6.45) is 9.12. The molecule has 0 bridgehead atoms. The van der Waals surface area contributed by atoms with Crippen LogP contribution in [-0.2, 0) is 8.85 Å². The topological polar surface area (TPSA) is 18.5 Å². The van der Waals surface area contributed by atoms with E-state index in [9.17, 15) is 0 Å². The van der Waals surface area contributed by atoms with Crippen LogP contribution in [0.5, 0.6) is 0 Å². The first-order valence-electron chi connectivity index (χ1n) is 6.85. The highest BCUT2D eigenvalue weighted by Gasteiger charge is 2.33. The van der Waals surface area contributed by atoms with Crippen LogP contribution < -0.4 is 0 Å². The van der Waals surface area contributed by atoms with Crippen LogP contribution in [0.25, 0.3) is 0 Å². The summed E-state index contributed by atoms with van der Waals surface area (Å²) in [5.41, 5.74) is 0. The van der Waals surface area contributed by atoms with Gasteiger partial charge in [0.2, 0.25) is 0 Å². The fourth-order valence-electron chi connectivity index (χ4n) is 2.06. The molecule has 0 fully saturated rings. The van der Waals surface area contributed by atoms with Gasteiger partial charge in [0.1, 0.15) is 0 Å². The zero-order chi connectivity index (χ0) is 12.3. The van der Waals surface area contributed by atoms with Crippen molar-refractivity contribution in [2.24, 2.45) is 0 Å². The lowest BCUT2D eigenvalue weighted by atomic mass is 10.2. The van der Waals surface area contributed by atoms with Crippen LogP contribution in [0.2, 0.25) is 12.1 Å². The first-order chi connectivity index (χ1) is 7.74. The van der Waals surface area contributed by atoms with Crippen molar-refractivity contribution in [2.75, 3.05) is 14.2 Å². The predicted molar refractivity (Wildman–Crippen MR) is 73.1 cm³/mol. The van der Waals surface area contributed by atoms with E-state index in [0.717, 1.165) is 6.04 Å². The highest BCUT2D eigenvalue weighted by atomic mass is 28.4. The van der Waals surface area contributed by atoms with Crippen LogP contribution in [0.15, 0.2) is 0 Å². The molecule has 0 aromatic heterocycles. The largest absolute Gasteiger partial charge is 0.398 e. The van der Waals surface area contributed by atoms with Gasteiger partial charge >= 0.3 is 8.56 Å². The summed E-state index contributed by atoms with van der Waals surface area (Å²) < 4.78 is 11.4. The summed E-state index contributed by atoms with van der Waals surface area (Å²) in [5.74, 6) is 0. The fourth-order valence-corrected chi connectivity index (χ4v) is 4.97. The maximum absolute atomic E-state index is 5.71. The van der Waals surface area contributed by atoms with Gasteiger partial charge < -0.3 is 8.85 Å². The summed E-state index contributed by atoms with van der Waals surface area (Å²) in [6, 6.07) is 2.33. The van der Waals surface area contributed by atoms with Crippen molar-refractivity contribution in [1.29, 1.82) is 0 Å². The molecular formula is C13H30O2Si. The second-order valence-electron chi connectivity index (χ2n) is 4.59. The van der Waals surface area contributed by atoms with Gasteiger partial charge in [-0.3, -0.25) is 0 Å². The number of rotatable bonds is 11. The minimum absolute atomic E-state index is 1.16. The second kappa shape index (κ2) is 10.3. The van der Waals surface area contributed by atoms with Crippen molar-refractivity contribution in [2.45, 2.75) is 70.9 Å². The molecule has 0 atom stereocenters. The first kappa shape index (κ1) is 16.1. The summed E-state index contributed by atoms with van der Waals surface area (Å²) in [4.78, 5) is 0. The molecule has 0 N–H and O–H groups in total. The van der Waals surface area contributed by atoms with Crippen LogP contribution >= 0.6 is 0 Å². The molecule has 0 heterocycles. The van der Waals surface area contributed by atoms with Gasteiger partial charge in [0.25, 0.3) is 0 Å². The molecule has 0 aliphatic carbocycles. The summed E-state index contributed by atoms with van der Waals surface area (Å²) in [5, 5.41) is 0. The normalized spacial score (nSPS) is 12.0. The van der Waals surface area contributed by atoms with Crippen LogP contribution in [0.1, 0.15) is 58.8 Å². The van der Waals surface area contributed by atoms with E-state index in [2.05, 4.69) is 13.8 Å². The second-order valence-corrected chi connectivity index (χ2v) is 8.22. The SMILES string of the molecule is CCCCCCC[Si](CCCC)(OC)OC. The zero-order valence-electron chi connectivity index (χ0n) is 11.7. The lowest BCUT2D eigenvalue weighted by Gasteiger charge is -2.27. The van der Waals surface area contributed by atoms with Crippen LogP contribution in [-0.4, -0.2) is 22.8 Å². The van der Waals surface area contributed by atoms with E-state index >= 15 is 0 Å². The summed E-state index contributed by atoms with van der Waals surface area (Å²) >= 11 is 0. The lowest BCUT2D eigenvalue weighted by molar-refractivity contribution is 0.238.